The van der Waals surface area contributed by atoms with Gasteiger partial charge in [-0.1, -0.05) is 11.6 Å². The van der Waals surface area contributed by atoms with Crippen molar-refractivity contribution in [1.29, 1.82) is 0 Å². The molecule has 1 unspecified atom stereocenters. The second-order valence-electron chi connectivity index (χ2n) is 7.52. The number of pyridine rings is 1. The number of nitrogens with zero attached hydrogens (tertiary/aromatic N) is 1. The summed E-state index contributed by atoms with van der Waals surface area (Å²) in [6.07, 6.45) is 0.828. The van der Waals surface area contributed by atoms with E-state index in [0.717, 1.165) is 0 Å². The van der Waals surface area contributed by atoms with E-state index in [1.54, 1.807) is 25.3 Å². The number of rotatable bonds is 8. The van der Waals surface area contributed by atoms with Crippen molar-refractivity contribution in [2.45, 2.75) is 12.6 Å². The van der Waals surface area contributed by atoms with Crippen LogP contribution in [0.5, 0.6) is 17.2 Å². The Morgan fingerprint density at radius 1 is 1.18 bits per heavy atom. The highest BCUT2D eigenvalue weighted by atomic mass is 35.5. The van der Waals surface area contributed by atoms with Gasteiger partial charge in [0, 0.05) is 55.7 Å². The maximum atomic E-state index is 14.3. The number of hydrogen-bond donors (Lipinski definition) is 1. The fourth-order valence-electron chi connectivity index (χ4n) is 3.70. The molecule has 0 bridgehead atoms. The molecule has 3 aromatic rings. The quantitative estimate of drug-likeness (QED) is 0.469. The van der Waals surface area contributed by atoms with E-state index in [1.807, 2.05) is 0 Å². The fourth-order valence-corrected chi connectivity index (χ4v) is 3.92. The lowest BCUT2D eigenvalue weighted by atomic mass is 10.0. The fraction of sp³-hybridized carbons (Fsp3) is 0.250. The Morgan fingerprint density at radius 2 is 1.97 bits per heavy atom. The lowest BCUT2D eigenvalue weighted by Gasteiger charge is -2.32. The van der Waals surface area contributed by atoms with E-state index in [9.17, 15) is 19.1 Å². The number of methoxy groups -OCH3 is 2. The summed E-state index contributed by atoms with van der Waals surface area (Å²) in [4.78, 5) is 24.1. The average Bonchev–Trinajstić information content (AvgIpc) is 2.80. The van der Waals surface area contributed by atoms with E-state index in [-0.39, 0.29) is 10.8 Å². The lowest BCUT2D eigenvalue weighted by Crippen LogP contribution is -2.28. The molecule has 1 N–H and O–H groups in total. The standard InChI is InChI=1S/C24H21ClFNO7/c1-31-4-3-5-33-22-11-21-16(9-18(22)25)19-10-20(28)17(24(29)30)12-27(19)23(34-21)13-6-14(26)8-15(7-13)32-2/h6-12,23H,3-5H2,1-2H3,(H,29,30). The van der Waals surface area contributed by atoms with Crippen LogP contribution >= 0.6 is 11.6 Å². The van der Waals surface area contributed by atoms with Crippen LogP contribution in [0.25, 0.3) is 11.3 Å². The predicted molar refractivity (Wildman–Crippen MR) is 122 cm³/mol. The molecule has 34 heavy (non-hydrogen) atoms. The van der Waals surface area contributed by atoms with Crippen LogP contribution in [0.2, 0.25) is 5.02 Å². The Labute approximate surface area is 199 Å². The van der Waals surface area contributed by atoms with Crippen molar-refractivity contribution in [2.24, 2.45) is 0 Å². The van der Waals surface area contributed by atoms with E-state index < -0.39 is 29.0 Å². The van der Waals surface area contributed by atoms with Crippen LogP contribution in [-0.4, -0.2) is 43.1 Å². The minimum Gasteiger partial charge on any atom is -0.497 e. The second kappa shape index (κ2) is 9.74. The highest BCUT2D eigenvalue weighted by Gasteiger charge is 2.30. The molecule has 10 heteroatoms. The maximum Gasteiger partial charge on any atom is 0.341 e. The summed E-state index contributed by atoms with van der Waals surface area (Å²) in [7, 11) is 2.99. The molecule has 2 heterocycles. The Kier molecular flexibility index (Phi) is 6.76. The molecule has 4 rings (SSSR count). The zero-order chi connectivity index (χ0) is 24.4. The molecule has 0 radical (unpaired) electrons. The molecule has 2 aromatic carbocycles. The molecule has 0 aliphatic carbocycles. The molecule has 0 fully saturated rings. The van der Waals surface area contributed by atoms with E-state index >= 15 is 0 Å². The number of carboxylic acids is 1. The Balaban J connectivity index is 1.86. The second-order valence-corrected chi connectivity index (χ2v) is 7.92. The van der Waals surface area contributed by atoms with Crippen molar-refractivity contribution >= 4 is 17.6 Å². The molecule has 0 saturated heterocycles. The number of ether oxygens (including phenoxy) is 4. The van der Waals surface area contributed by atoms with Gasteiger partial charge in [-0.2, -0.15) is 0 Å². The first kappa shape index (κ1) is 23.6. The maximum absolute atomic E-state index is 14.3. The van der Waals surface area contributed by atoms with Crippen LogP contribution < -0.4 is 19.6 Å². The van der Waals surface area contributed by atoms with Gasteiger partial charge in [0.25, 0.3) is 0 Å². The molecule has 0 spiro atoms. The number of halogens is 2. The topological polar surface area (TPSA) is 96.2 Å². The van der Waals surface area contributed by atoms with Gasteiger partial charge in [0.05, 0.1) is 24.4 Å². The summed E-state index contributed by atoms with van der Waals surface area (Å²) >= 11 is 6.42. The van der Waals surface area contributed by atoms with Gasteiger partial charge in [0.15, 0.2) is 5.43 Å². The molecule has 1 aliphatic heterocycles. The van der Waals surface area contributed by atoms with Gasteiger partial charge in [-0.25, -0.2) is 9.18 Å². The van der Waals surface area contributed by atoms with Crippen molar-refractivity contribution in [1.82, 2.24) is 4.57 Å². The number of benzene rings is 2. The number of fused-ring (bicyclic) bond motifs is 3. The smallest absolute Gasteiger partial charge is 0.341 e. The summed E-state index contributed by atoms with van der Waals surface area (Å²) in [6, 6.07) is 8.40. The Bertz CT molecular complexity index is 1310. The Morgan fingerprint density at radius 3 is 2.68 bits per heavy atom. The minimum absolute atomic E-state index is 0.253. The van der Waals surface area contributed by atoms with Gasteiger partial charge < -0.3 is 28.6 Å². The van der Waals surface area contributed by atoms with Gasteiger partial charge in [-0.3, -0.25) is 4.79 Å². The van der Waals surface area contributed by atoms with Crippen molar-refractivity contribution < 1.29 is 33.2 Å². The number of carbonyl (C=O) groups is 1. The van der Waals surface area contributed by atoms with Crippen molar-refractivity contribution in [3.63, 3.8) is 0 Å². The number of aromatic carboxylic acids is 1. The van der Waals surface area contributed by atoms with Gasteiger partial charge in [-0.15, -0.1) is 0 Å². The van der Waals surface area contributed by atoms with Gasteiger partial charge in [-0.05, 0) is 18.2 Å². The number of hydrogen-bond acceptors (Lipinski definition) is 6. The monoisotopic (exact) mass is 489 g/mol. The Hall–Kier alpha value is -3.56. The highest BCUT2D eigenvalue weighted by molar-refractivity contribution is 6.32. The molecule has 178 valence electrons. The minimum atomic E-state index is -1.39. The number of aromatic nitrogens is 1. The summed E-state index contributed by atoms with van der Waals surface area (Å²) in [5.74, 6) is -1.00. The van der Waals surface area contributed by atoms with E-state index in [1.165, 1.54) is 36.1 Å². The van der Waals surface area contributed by atoms with Gasteiger partial charge in [0.2, 0.25) is 6.23 Å². The number of carboxylic acid groups (broad SMARTS) is 1. The SMILES string of the molecule is COCCCOc1cc2c(cc1Cl)-c1cc(=O)c(C(=O)O)cn1C(c1cc(F)cc(OC)c1)O2. The van der Waals surface area contributed by atoms with Crippen LogP contribution in [0.15, 0.2) is 47.4 Å². The zero-order valence-electron chi connectivity index (χ0n) is 18.3. The van der Waals surface area contributed by atoms with E-state index in [4.69, 9.17) is 30.5 Å². The zero-order valence-corrected chi connectivity index (χ0v) is 19.1. The molecular weight excluding hydrogens is 469 g/mol. The first-order valence-electron chi connectivity index (χ1n) is 10.3. The van der Waals surface area contributed by atoms with Crippen LogP contribution in [0.1, 0.15) is 28.6 Å². The highest BCUT2D eigenvalue weighted by Crippen LogP contribution is 2.45. The third kappa shape index (κ3) is 4.57. The summed E-state index contributed by atoms with van der Waals surface area (Å²) in [6.45, 7) is 0.875. The molecule has 0 saturated carbocycles. The molecular formula is C24H21ClFNO7. The first-order chi connectivity index (χ1) is 16.3. The largest absolute Gasteiger partial charge is 0.497 e. The third-order valence-corrected chi connectivity index (χ3v) is 5.57. The lowest BCUT2D eigenvalue weighted by molar-refractivity contribution is 0.0693. The van der Waals surface area contributed by atoms with Crippen molar-refractivity contribution in [2.75, 3.05) is 27.4 Å². The van der Waals surface area contributed by atoms with E-state index in [0.29, 0.717) is 48.0 Å². The molecule has 1 aromatic heterocycles. The normalized spacial score (nSPS) is 14.1. The first-order valence-corrected chi connectivity index (χ1v) is 10.7. The molecule has 8 nitrogen and oxygen atoms in total. The van der Waals surface area contributed by atoms with Crippen LogP contribution in [0.4, 0.5) is 4.39 Å². The summed E-state index contributed by atoms with van der Waals surface area (Å²) in [5.41, 5.74) is 0.0352. The third-order valence-electron chi connectivity index (χ3n) is 5.28. The average molecular weight is 490 g/mol. The molecule has 0 amide bonds. The van der Waals surface area contributed by atoms with Crippen LogP contribution in [-0.2, 0) is 4.74 Å². The summed E-state index contributed by atoms with van der Waals surface area (Å²) < 4.78 is 37.9. The summed E-state index contributed by atoms with van der Waals surface area (Å²) in [5, 5.41) is 9.75. The van der Waals surface area contributed by atoms with E-state index in [2.05, 4.69) is 0 Å². The predicted octanol–water partition coefficient (Wildman–Crippen LogP) is 4.37. The van der Waals surface area contributed by atoms with Crippen molar-refractivity contribution in [3.8, 4) is 28.5 Å². The van der Waals surface area contributed by atoms with Gasteiger partial charge in [0.1, 0.15) is 28.6 Å². The molecule has 1 aliphatic rings. The van der Waals surface area contributed by atoms with Crippen molar-refractivity contribution in [3.05, 3.63) is 74.8 Å². The van der Waals surface area contributed by atoms with Gasteiger partial charge >= 0.3 is 5.97 Å². The van der Waals surface area contributed by atoms with Crippen LogP contribution in [0.3, 0.4) is 0 Å². The molecule has 1 atom stereocenters. The van der Waals surface area contributed by atoms with Crippen LogP contribution in [0, 0.1) is 5.82 Å².